The van der Waals surface area contributed by atoms with Crippen molar-refractivity contribution in [1.29, 1.82) is 0 Å². The summed E-state index contributed by atoms with van der Waals surface area (Å²) in [7, 11) is 0. The van der Waals surface area contributed by atoms with Crippen molar-refractivity contribution in [3.63, 3.8) is 0 Å². The number of carbonyl (C=O) groups is 1. The number of aromatic nitrogens is 1. The van der Waals surface area contributed by atoms with E-state index in [2.05, 4.69) is 4.98 Å². The van der Waals surface area contributed by atoms with E-state index >= 15 is 0 Å². The summed E-state index contributed by atoms with van der Waals surface area (Å²) in [5.74, 6) is -1.36. The van der Waals surface area contributed by atoms with Gasteiger partial charge in [0.1, 0.15) is 10.7 Å². The summed E-state index contributed by atoms with van der Waals surface area (Å²) in [5.41, 5.74) is 1.50. The molecule has 3 N–H and O–H groups in total. The number of hydrogen-bond acceptors (Lipinski definition) is 4. The molecule has 0 radical (unpaired) electrons. The van der Waals surface area contributed by atoms with Gasteiger partial charge >= 0.3 is 5.97 Å². The van der Waals surface area contributed by atoms with Crippen molar-refractivity contribution >= 4 is 23.4 Å². The van der Waals surface area contributed by atoms with Crippen LogP contribution in [-0.4, -0.2) is 21.3 Å². The Morgan fingerprint density at radius 1 is 1.58 bits per heavy atom. The summed E-state index contributed by atoms with van der Waals surface area (Å²) < 4.78 is 0. The number of nitrogens with one attached hydrogen (secondary N) is 1. The van der Waals surface area contributed by atoms with Gasteiger partial charge in [0.25, 0.3) is 0 Å². The summed E-state index contributed by atoms with van der Waals surface area (Å²) in [5, 5.41) is 17.1. The lowest BCUT2D eigenvalue weighted by molar-refractivity contribution is 0.0696. The summed E-state index contributed by atoms with van der Waals surface area (Å²) in [4.78, 5) is 14.0. The van der Waals surface area contributed by atoms with Crippen molar-refractivity contribution in [2.45, 2.75) is 0 Å². The second-order valence-electron chi connectivity index (χ2n) is 1.95. The molecule has 0 aliphatic rings. The number of rotatable bonds is 2. The number of carboxylic acids is 1. The Bertz CT molecular complexity index is 316. The highest BCUT2D eigenvalue weighted by molar-refractivity contribution is 6.29. The maximum absolute atomic E-state index is 10.5. The van der Waals surface area contributed by atoms with Crippen LogP contribution in [0.15, 0.2) is 12.1 Å². The number of hydrogen-bond donors (Lipinski definition) is 3. The fourth-order valence-corrected chi connectivity index (χ4v) is 0.841. The molecule has 12 heavy (non-hydrogen) atoms. The molecule has 1 rings (SSSR count). The fourth-order valence-electron chi connectivity index (χ4n) is 0.693. The largest absolute Gasteiger partial charge is 0.478 e. The molecule has 0 saturated heterocycles. The molecule has 0 fully saturated rings. The zero-order valence-electron chi connectivity index (χ0n) is 5.78. The van der Waals surface area contributed by atoms with E-state index in [4.69, 9.17) is 21.9 Å². The lowest BCUT2D eigenvalue weighted by Gasteiger charge is -2.01. The molecule has 0 atom stereocenters. The van der Waals surface area contributed by atoms with E-state index in [1.54, 1.807) is 5.48 Å². The molecular formula is C6H5ClN2O3. The van der Waals surface area contributed by atoms with E-state index < -0.39 is 5.97 Å². The minimum Gasteiger partial charge on any atom is -0.478 e. The summed E-state index contributed by atoms with van der Waals surface area (Å²) in [6.45, 7) is 0. The van der Waals surface area contributed by atoms with E-state index in [-0.39, 0.29) is 16.5 Å². The van der Waals surface area contributed by atoms with Crippen molar-refractivity contribution in [2.24, 2.45) is 0 Å². The van der Waals surface area contributed by atoms with Crippen molar-refractivity contribution in [2.75, 3.05) is 5.48 Å². The Balaban J connectivity index is 3.20. The average molecular weight is 189 g/mol. The molecule has 6 heteroatoms. The maximum Gasteiger partial charge on any atom is 0.339 e. The first-order valence-electron chi connectivity index (χ1n) is 2.95. The van der Waals surface area contributed by atoms with Gasteiger partial charge < -0.3 is 5.11 Å². The van der Waals surface area contributed by atoms with Gasteiger partial charge in [0.15, 0.2) is 5.82 Å². The molecule has 1 aromatic heterocycles. The Kier molecular flexibility index (Phi) is 2.47. The Morgan fingerprint density at radius 3 is 2.75 bits per heavy atom. The molecular weight excluding hydrogens is 184 g/mol. The van der Waals surface area contributed by atoms with E-state index in [1.165, 1.54) is 12.1 Å². The lowest BCUT2D eigenvalue weighted by atomic mass is 10.2. The third kappa shape index (κ3) is 1.63. The van der Waals surface area contributed by atoms with Gasteiger partial charge in [0, 0.05) is 0 Å². The van der Waals surface area contributed by atoms with Gasteiger partial charge in [-0.1, -0.05) is 11.6 Å². The van der Waals surface area contributed by atoms with Crippen molar-refractivity contribution < 1.29 is 15.1 Å². The predicted octanol–water partition coefficient (Wildman–Crippen LogP) is 1.23. The Morgan fingerprint density at radius 2 is 2.25 bits per heavy atom. The monoisotopic (exact) mass is 188 g/mol. The van der Waals surface area contributed by atoms with Crippen LogP contribution >= 0.6 is 11.6 Å². The van der Waals surface area contributed by atoms with Crippen molar-refractivity contribution in [1.82, 2.24) is 4.98 Å². The van der Waals surface area contributed by atoms with Crippen LogP contribution in [0.2, 0.25) is 5.15 Å². The molecule has 5 nitrogen and oxygen atoms in total. The van der Waals surface area contributed by atoms with Gasteiger partial charge in [0.2, 0.25) is 0 Å². The van der Waals surface area contributed by atoms with Crippen LogP contribution in [0.1, 0.15) is 10.4 Å². The van der Waals surface area contributed by atoms with Crippen LogP contribution < -0.4 is 5.48 Å². The smallest absolute Gasteiger partial charge is 0.339 e. The second kappa shape index (κ2) is 3.38. The standard InChI is InChI=1S/C6H5ClN2O3/c7-4-2-1-3(6(10)11)5(8-4)9-12/h1-2,12H,(H,8,9)(H,10,11). The molecule has 0 unspecified atom stereocenters. The third-order valence-corrected chi connectivity index (χ3v) is 1.41. The zero-order valence-corrected chi connectivity index (χ0v) is 6.54. The van der Waals surface area contributed by atoms with Crippen LogP contribution in [0.5, 0.6) is 0 Å². The van der Waals surface area contributed by atoms with Crippen LogP contribution in [0.3, 0.4) is 0 Å². The number of anilines is 1. The molecule has 0 aliphatic heterocycles. The predicted molar refractivity (Wildman–Crippen MR) is 41.6 cm³/mol. The van der Waals surface area contributed by atoms with Gasteiger partial charge in [-0.15, -0.1) is 0 Å². The van der Waals surface area contributed by atoms with Gasteiger partial charge in [0.05, 0.1) is 0 Å². The minimum atomic E-state index is -1.18. The summed E-state index contributed by atoms with van der Waals surface area (Å²) >= 11 is 5.45. The molecule has 0 aliphatic carbocycles. The molecule has 1 aromatic rings. The Hall–Kier alpha value is -1.33. The molecule has 1 heterocycles. The van der Waals surface area contributed by atoms with E-state index in [0.717, 1.165) is 0 Å². The molecule has 0 bridgehead atoms. The molecule has 0 aromatic carbocycles. The highest BCUT2D eigenvalue weighted by Crippen LogP contribution is 2.15. The molecule has 0 saturated carbocycles. The van der Waals surface area contributed by atoms with Gasteiger partial charge in [-0.2, -0.15) is 0 Å². The average Bonchev–Trinajstić information content (AvgIpc) is 2.03. The third-order valence-electron chi connectivity index (χ3n) is 1.20. The first-order valence-corrected chi connectivity index (χ1v) is 3.33. The number of halogens is 1. The zero-order chi connectivity index (χ0) is 9.14. The molecule has 64 valence electrons. The van der Waals surface area contributed by atoms with E-state index in [9.17, 15) is 4.79 Å². The second-order valence-corrected chi connectivity index (χ2v) is 2.33. The topological polar surface area (TPSA) is 82.5 Å². The van der Waals surface area contributed by atoms with Crippen LogP contribution in [0.4, 0.5) is 5.82 Å². The van der Waals surface area contributed by atoms with Crippen molar-refractivity contribution in [3.05, 3.63) is 22.8 Å². The number of carboxylic acid groups (broad SMARTS) is 1. The maximum atomic E-state index is 10.5. The lowest BCUT2D eigenvalue weighted by Crippen LogP contribution is -2.04. The van der Waals surface area contributed by atoms with E-state index in [0.29, 0.717) is 0 Å². The van der Waals surface area contributed by atoms with Gasteiger partial charge in [-0.3, -0.25) is 10.7 Å². The fraction of sp³-hybridized carbons (Fsp3) is 0. The summed E-state index contributed by atoms with van der Waals surface area (Å²) in [6, 6.07) is 2.57. The highest BCUT2D eigenvalue weighted by Gasteiger charge is 2.10. The van der Waals surface area contributed by atoms with Crippen molar-refractivity contribution in [3.8, 4) is 0 Å². The van der Waals surface area contributed by atoms with Crippen LogP contribution in [0.25, 0.3) is 0 Å². The number of pyridine rings is 1. The van der Waals surface area contributed by atoms with E-state index in [1.807, 2.05) is 0 Å². The first-order chi connectivity index (χ1) is 5.65. The minimum absolute atomic E-state index is 0.108. The number of nitrogens with zero attached hydrogens (tertiary/aromatic N) is 1. The highest BCUT2D eigenvalue weighted by atomic mass is 35.5. The van der Waals surface area contributed by atoms with Gasteiger partial charge in [-0.05, 0) is 12.1 Å². The normalized spacial score (nSPS) is 9.50. The number of aromatic carboxylic acids is 1. The Labute approximate surface area is 72.6 Å². The first kappa shape index (κ1) is 8.76. The molecule has 0 amide bonds. The summed E-state index contributed by atoms with van der Waals surface area (Å²) in [6.07, 6.45) is 0. The SMILES string of the molecule is O=C(O)c1ccc(Cl)nc1NO. The van der Waals surface area contributed by atoms with Crippen LogP contribution in [0, 0.1) is 0 Å². The van der Waals surface area contributed by atoms with Gasteiger partial charge in [-0.25, -0.2) is 9.78 Å². The quantitative estimate of drug-likeness (QED) is 0.480. The molecule has 0 spiro atoms. The van der Waals surface area contributed by atoms with Crippen LogP contribution in [-0.2, 0) is 0 Å².